The summed E-state index contributed by atoms with van der Waals surface area (Å²) in [6.45, 7) is 6.57. The van der Waals surface area contributed by atoms with Crippen molar-refractivity contribution in [1.29, 1.82) is 0 Å². The molecule has 2 aromatic heterocycles. The minimum absolute atomic E-state index is 0.0927. The number of aryl methyl sites for hydroxylation is 2. The number of anilines is 5. The fourth-order valence-electron chi connectivity index (χ4n) is 7.42. The number of nitrogens with zero attached hydrogens (tertiary/aromatic N) is 8. The lowest BCUT2D eigenvalue weighted by atomic mass is 10.1. The van der Waals surface area contributed by atoms with Gasteiger partial charge in [-0.3, -0.25) is 8.42 Å². The van der Waals surface area contributed by atoms with Crippen molar-refractivity contribution in [1.82, 2.24) is 19.9 Å². The number of hydrogen-bond donors (Lipinski definition) is 2. The van der Waals surface area contributed by atoms with Crippen LogP contribution in [0, 0.1) is 0 Å². The molecule has 0 saturated carbocycles. The number of aliphatic hydroxyl groups is 1. The van der Waals surface area contributed by atoms with Gasteiger partial charge in [-0.05, 0) is 54.1 Å². The van der Waals surface area contributed by atoms with E-state index in [0.29, 0.717) is 57.0 Å². The summed E-state index contributed by atoms with van der Waals surface area (Å²) in [7, 11) is -2.19. The zero-order valence-electron chi connectivity index (χ0n) is 31.1. The molecule has 4 aliphatic heterocycles. The average Bonchev–Trinajstić information content (AvgIpc) is 3.82. The Morgan fingerprint density at radius 1 is 0.596 bits per heavy atom. The van der Waals surface area contributed by atoms with Gasteiger partial charge in [0.2, 0.25) is 11.9 Å². The van der Waals surface area contributed by atoms with Gasteiger partial charge >= 0.3 is 0 Å². The molecule has 5 aromatic rings. The summed E-state index contributed by atoms with van der Waals surface area (Å²) in [5.74, 6) is 3.01. The number of aliphatic hydroxyl groups excluding tert-OH is 1. The summed E-state index contributed by atoms with van der Waals surface area (Å²) in [6.07, 6.45) is 1.38. The summed E-state index contributed by atoms with van der Waals surface area (Å²) in [5.41, 5.74) is 4.95. The molecule has 17 heteroatoms. The van der Waals surface area contributed by atoms with Gasteiger partial charge in [0.25, 0.3) is 0 Å². The number of piperazine rings is 2. The van der Waals surface area contributed by atoms with E-state index in [1.807, 2.05) is 78.9 Å². The molecular weight excluding hydrogens is 825 g/mol. The van der Waals surface area contributed by atoms with E-state index in [-0.39, 0.29) is 12.6 Å². The average molecular weight is 867 g/mol. The van der Waals surface area contributed by atoms with Crippen LogP contribution in [-0.4, -0.2) is 104 Å². The molecule has 2 saturated heterocycles. The normalized spacial score (nSPS) is 19.4. The topological polar surface area (TPSA) is 131 Å². The molecule has 4 aliphatic rings. The number of halogens is 3. The fraction of sp³-hybridized carbons (Fsp3) is 0.350. The van der Waals surface area contributed by atoms with Crippen LogP contribution < -0.4 is 24.9 Å². The Labute approximate surface area is 352 Å². The lowest BCUT2D eigenvalue weighted by Crippen LogP contribution is -2.47. The molecular formula is C40H42Cl3N9O3S2. The second-order valence-electron chi connectivity index (χ2n) is 14.0. The van der Waals surface area contributed by atoms with E-state index in [0.717, 1.165) is 85.0 Å². The van der Waals surface area contributed by atoms with E-state index in [2.05, 4.69) is 34.9 Å². The van der Waals surface area contributed by atoms with Crippen LogP contribution >= 0.6 is 34.8 Å². The smallest absolute Gasteiger partial charge is 0.227 e. The highest BCUT2D eigenvalue weighted by molar-refractivity contribution is 7.85. The van der Waals surface area contributed by atoms with Gasteiger partial charge < -0.3 is 30.0 Å². The van der Waals surface area contributed by atoms with Crippen molar-refractivity contribution in [3.8, 4) is 0 Å². The second kappa shape index (κ2) is 17.8. The molecule has 3 atom stereocenters. The predicted molar refractivity (Wildman–Crippen MR) is 231 cm³/mol. The van der Waals surface area contributed by atoms with Crippen molar-refractivity contribution in [2.75, 3.05) is 95.4 Å². The maximum atomic E-state index is 12.7. The molecule has 6 heterocycles. The summed E-state index contributed by atoms with van der Waals surface area (Å²) in [5, 5.41) is 15.2. The monoisotopic (exact) mass is 865 g/mol. The van der Waals surface area contributed by atoms with Crippen LogP contribution in [0.3, 0.4) is 0 Å². The molecule has 3 aromatic carbocycles. The van der Waals surface area contributed by atoms with Crippen LogP contribution in [0.25, 0.3) is 0 Å². The first-order valence-electron chi connectivity index (χ1n) is 18.9. The van der Waals surface area contributed by atoms with E-state index in [1.54, 1.807) is 0 Å². The number of rotatable bonds is 8. The quantitative estimate of drug-likeness (QED) is 0.177. The molecule has 298 valence electrons. The van der Waals surface area contributed by atoms with Gasteiger partial charge in [-0.2, -0.15) is 9.97 Å². The number of nitrogens with one attached hydrogen (secondary N) is 1. The number of hydrogen-bond acceptors (Lipinski definition) is 12. The Hall–Kier alpha value is -4.05. The van der Waals surface area contributed by atoms with E-state index in [9.17, 15) is 13.5 Å². The number of fused-ring (bicyclic) bond motifs is 2. The third-order valence-corrected chi connectivity index (χ3v) is 14.3. The van der Waals surface area contributed by atoms with Crippen molar-refractivity contribution in [2.45, 2.75) is 28.7 Å². The van der Waals surface area contributed by atoms with Crippen molar-refractivity contribution < 1.29 is 13.5 Å². The van der Waals surface area contributed by atoms with Gasteiger partial charge in [-0.15, -0.1) is 0 Å². The van der Waals surface area contributed by atoms with Crippen LogP contribution in [0.2, 0.25) is 15.2 Å². The zero-order valence-corrected chi connectivity index (χ0v) is 35.0. The summed E-state index contributed by atoms with van der Waals surface area (Å²) in [6, 6.07) is 25.2. The van der Waals surface area contributed by atoms with Crippen LogP contribution in [0.5, 0.6) is 0 Å². The Kier molecular flexibility index (Phi) is 12.4. The van der Waals surface area contributed by atoms with E-state index < -0.39 is 21.6 Å². The molecule has 0 spiro atoms. The van der Waals surface area contributed by atoms with Crippen LogP contribution in [-0.2, 0) is 34.4 Å². The van der Waals surface area contributed by atoms with Gasteiger partial charge in [-0.25, -0.2) is 9.97 Å². The van der Waals surface area contributed by atoms with Crippen molar-refractivity contribution in [3.05, 3.63) is 111 Å². The fourth-order valence-corrected chi connectivity index (χ4v) is 10.7. The molecule has 0 radical (unpaired) electrons. The highest BCUT2D eigenvalue weighted by Gasteiger charge is 2.30. The highest BCUT2D eigenvalue weighted by atomic mass is 35.5. The molecule has 0 amide bonds. The van der Waals surface area contributed by atoms with Crippen molar-refractivity contribution in [3.63, 3.8) is 0 Å². The molecule has 12 nitrogen and oxygen atoms in total. The molecule has 57 heavy (non-hydrogen) atoms. The number of aromatic nitrogens is 4. The Bertz CT molecular complexity index is 2240. The summed E-state index contributed by atoms with van der Waals surface area (Å²) < 4.78 is 24.6. The van der Waals surface area contributed by atoms with E-state index in [1.165, 1.54) is 5.69 Å². The van der Waals surface area contributed by atoms with E-state index >= 15 is 0 Å². The van der Waals surface area contributed by atoms with Crippen LogP contribution in [0.1, 0.15) is 23.0 Å². The molecule has 0 aliphatic carbocycles. The minimum atomic E-state index is -1.14. The first kappa shape index (κ1) is 39.8. The van der Waals surface area contributed by atoms with Crippen LogP contribution in [0.4, 0.5) is 29.1 Å². The third kappa shape index (κ3) is 9.01. The van der Waals surface area contributed by atoms with Crippen molar-refractivity contribution >= 4 is 85.5 Å². The Balaban J connectivity index is 0.000000168. The minimum Gasteiger partial charge on any atom is -0.394 e. The maximum Gasteiger partial charge on any atom is 0.227 e. The molecule has 2 fully saturated rings. The first-order valence-corrected chi connectivity index (χ1v) is 22.7. The van der Waals surface area contributed by atoms with Gasteiger partial charge in [0.15, 0.2) is 5.15 Å². The Morgan fingerprint density at radius 3 is 1.56 bits per heavy atom. The largest absolute Gasteiger partial charge is 0.394 e. The Morgan fingerprint density at radius 2 is 1.05 bits per heavy atom. The molecule has 2 unspecified atom stereocenters. The number of benzene rings is 3. The van der Waals surface area contributed by atoms with Gasteiger partial charge in [0.1, 0.15) is 10.7 Å². The second-order valence-corrected chi connectivity index (χ2v) is 18.3. The summed E-state index contributed by atoms with van der Waals surface area (Å²) >= 11 is 18.2. The predicted octanol–water partition coefficient (Wildman–Crippen LogP) is 6.04. The molecule has 2 N–H and O–H groups in total. The highest BCUT2D eigenvalue weighted by Crippen LogP contribution is 2.33. The van der Waals surface area contributed by atoms with Crippen LogP contribution in [0.15, 0.2) is 88.7 Å². The van der Waals surface area contributed by atoms with Gasteiger partial charge in [-0.1, -0.05) is 65.1 Å². The standard InChI is InChI=1S/C24H26ClN5O2S.C16H16Cl2N4OS/c25-18-6-8-19(9-7-18)29-11-13-30(14-12-29)24-27-20-10-15-33(32)22(20)23(28-24)26-21(16-31)17-4-2-1-3-5-17;17-11-1-3-12(4-2-11)21-6-8-22(9-7-21)16-19-13-5-10-24(23)14(13)15(18)20-16/h1-9,21,31H,10-16H2,(H,26,27,28);1-4H,5-10H2/t21-,33?;/m0./s1. The van der Waals surface area contributed by atoms with E-state index in [4.69, 9.17) is 44.8 Å². The maximum absolute atomic E-state index is 12.7. The van der Waals surface area contributed by atoms with Crippen molar-refractivity contribution in [2.24, 2.45) is 0 Å². The molecule has 9 rings (SSSR count). The summed E-state index contributed by atoms with van der Waals surface area (Å²) in [4.78, 5) is 28.8. The van der Waals surface area contributed by atoms with Gasteiger partial charge in [0.05, 0.1) is 50.5 Å². The SMILES string of the molecule is O=S1CCc2nc(N3CCN(c4ccc(Cl)cc4)CC3)nc(Cl)c21.O=S1CCc2nc(N3CCN(c4ccc(Cl)cc4)CC3)nc(N[C@@H](CO)c3ccccc3)c21. The van der Waals surface area contributed by atoms with Gasteiger partial charge in [0, 0.05) is 98.1 Å². The molecule has 0 bridgehead atoms. The lowest BCUT2D eigenvalue weighted by molar-refractivity contribution is 0.276. The lowest BCUT2D eigenvalue weighted by Gasteiger charge is -2.36. The first-order chi connectivity index (χ1) is 27.7. The third-order valence-electron chi connectivity index (χ3n) is 10.5. The zero-order chi connectivity index (χ0) is 39.5.